The van der Waals surface area contributed by atoms with Crippen LogP contribution < -0.4 is 0 Å². The van der Waals surface area contributed by atoms with E-state index in [4.69, 9.17) is 4.74 Å². The molecule has 0 saturated heterocycles. The molecule has 0 unspecified atom stereocenters. The number of hydrogen-bond donors (Lipinski definition) is 0. The summed E-state index contributed by atoms with van der Waals surface area (Å²) >= 11 is 10.3. The largest absolute Gasteiger partial charge is 0.465 e. The van der Waals surface area contributed by atoms with E-state index in [1.807, 2.05) is 12.1 Å². The Bertz CT molecular complexity index is 613. The monoisotopic (exact) mass is 421 g/mol. The van der Waals surface area contributed by atoms with Crippen LogP contribution in [0.2, 0.25) is 0 Å². The van der Waals surface area contributed by atoms with Crippen molar-refractivity contribution >= 4 is 64.7 Å². The van der Waals surface area contributed by atoms with Gasteiger partial charge < -0.3 is 4.74 Å². The number of benzene rings is 1. The van der Waals surface area contributed by atoms with Gasteiger partial charge in [0.2, 0.25) is 0 Å². The lowest BCUT2D eigenvalue weighted by atomic mass is 10.1. The number of carbonyl (C=O) groups excluding carboxylic acids is 1. The number of carbonyl (C=O) groups is 1. The molecule has 0 saturated carbocycles. The maximum atomic E-state index is 11.6. The molecule has 0 aliphatic rings. The summed E-state index contributed by atoms with van der Waals surface area (Å²) in [6.45, 7) is 0. The Kier molecular flexibility index (Phi) is 3.85. The summed E-state index contributed by atoms with van der Waals surface area (Å²) in [6, 6.07) is 3.78. The molecule has 0 fully saturated rings. The van der Waals surface area contributed by atoms with Crippen molar-refractivity contribution < 1.29 is 9.53 Å². The minimum atomic E-state index is -0.418. The molecule has 17 heavy (non-hydrogen) atoms. The number of ether oxygens (including phenoxy) is 1. The van der Waals surface area contributed by atoms with Crippen molar-refractivity contribution in [1.29, 1.82) is 0 Å². The Morgan fingerprint density at radius 1 is 1.24 bits per heavy atom. The Balaban J connectivity index is 2.84. The first-order valence-electron chi connectivity index (χ1n) is 4.56. The zero-order valence-corrected chi connectivity index (χ0v) is 13.4. The second kappa shape index (κ2) is 5.04. The van der Waals surface area contributed by atoms with Crippen molar-refractivity contribution in [3.8, 4) is 0 Å². The number of halogens is 3. The third-order valence-corrected chi connectivity index (χ3v) is 4.39. The molecule has 2 rings (SSSR count). The van der Waals surface area contributed by atoms with Crippen molar-refractivity contribution in [1.82, 2.24) is 4.98 Å². The van der Waals surface area contributed by atoms with Crippen LogP contribution in [0.15, 0.2) is 31.7 Å². The Morgan fingerprint density at radius 3 is 2.53 bits per heavy atom. The van der Waals surface area contributed by atoms with Crippen LogP contribution in [0.1, 0.15) is 10.4 Å². The summed E-state index contributed by atoms with van der Waals surface area (Å²) < 4.78 is 7.10. The average Bonchev–Trinajstić information content (AvgIpc) is 2.33. The molecule has 1 heterocycles. The minimum Gasteiger partial charge on any atom is -0.465 e. The second-order valence-corrected chi connectivity index (χ2v) is 5.73. The van der Waals surface area contributed by atoms with Crippen molar-refractivity contribution in [2.75, 3.05) is 7.11 Å². The average molecular weight is 424 g/mol. The molecular weight excluding hydrogens is 418 g/mol. The van der Waals surface area contributed by atoms with Gasteiger partial charge in [-0.25, -0.2) is 4.79 Å². The lowest BCUT2D eigenvalue weighted by Crippen LogP contribution is -2.03. The van der Waals surface area contributed by atoms with Gasteiger partial charge in [0.25, 0.3) is 0 Å². The van der Waals surface area contributed by atoms with Crippen LogP contribution in [-0.4, -0.2) is 18.1 Å². The van der Waals surface area contributed by atoms with Crippen molar-refractivity contribution in [3.63, 3.8) is 0 Å². The number of methoxy groups -OCH3 is 1. The SMILES string of the molecule is COC(=O)c1cnc2c(Br)ccc(Br)c2c1Br. The summed E-state index contributed by atoms with van der Waals surface area (Å²) in [6.07, 6.45) is 1.50. The molecule has 0 spiro atoms. The highest BCUT2D eigenvalue weighted by Gasteiger charge is 2.16. The third-order valence-electron chi connectivity index (χ3n) is 2.26. The standard InChI is InChI=1S/C11H6Br3NO2/c1-17-11(16)5-4-15-10-7(13)3-2-6(12)8(10)9(5)14/h2-4H,1H3. The van der Waals surface area contributed by atoms with Crippen LogP contribution in [0.25, 0.3) is 10.9 Å². The van der Waals surface area contributed by atoms with E-state index in [-0.39, 0.29) is 0 Å². The fraction of sp³-hybridized carbons (Fsp3) is 0.0909. The molecule has 6 heteroatoms. The highest BCUT2D eigenvalue weighted by Crippen LogP contribution is 2.35. The number of hydrogen-bond acceptors (Lipinski definition) is 3. The molecule has 0 aliphatic carbocycles. The van der Waals surface area contributed by atoms with Gasteiger partial charge in [-0.3, -0.25) is 4.98 Å². The normalized spacial score (nSPS) is 10.6. The summed E-state index contributed by atoms with van der Waals surface area (Å²) in [7, 11) is 1.34. The highest BCUT2D eigenvalue weighted by molar-refractivity contribution is 9.11. The van der Waals surface area contributed by atoms with Gasteiger partial charge in [0.1, 0.15) is 0 Å². The van der Waals surface area contributed by atoms with Crippen LogP contribution >= 0.6 is 47.8 Å². The number of esters is 1. The maximum Gasteiger partial charge on any atom is 0.340 e. The molecule has 88 valence electrons. The fourth-order valence-electron chi connectivity index (χ4n) is 1.45. The van der Waals surface area contributed by atoms with E-state index >= 15 is 0 Å². The van der Waals surface area contributed by atoms with E-state index in [2.05, 4.69) is 52.8 Å². The van der Waals surface area contributed by atoms with Crippen LogP contribution in [0.3, 0.4) is 0 Å². The quantitative estimate of drug-likeness (QED) is 0.642. The molecule has 2 aromatic rings. The van der Waals surface area contributed by atoms with E-state index in [1.165, 1.54) is 13.3 Å². The summed E-state index contributed by atoms with van der Waals surface area (Å²) in [5.41, 5.74) is 1.18. The van der Waals surface area contributed by atoms with Crippen molar-refractivity contribution in [3.05, 3.63) is 37.3 Å². The maximum absolute atomic E-state index is 11.6. The Labute approximate surface area is 123 Å². The van der Waals surface area contributed by atoms with Gasteiger partial charge in [0, 0.05) is 25.0 Å². The number of pyridine rings is 1. The number of aromatic nitrogens is 1. The van der Waals surface area contributed by atoms with Crippen LogP contribution in [0.5, 0.6) is 0 Å². The molecule has 3 nitrogen and oxygen atoms in total. The zero-order valence-electron chi connectivity index (χ0n) is 8.63. The Morgan fingerprint density at radius 2 is 1.88 bits per heavy atom. The van der Waals surface area contributed by atoms with E-state index < -0.39 is 5.97 Å². The summed E-state index contributed by atoms with van der Waals surface area (Å²) in [5.74, 6) is -0.418. The van der Waals surface area contributed by atoms with Gasteiger partial charge >= 0.3 is 5.97 Å². The third kappa shape index (κ3) is 2.26. The van der Waals surface area contributed by atoms with E-state index in [9.17, 15) is 4.79 Å². The summed E-state index contributed by atoms with van der Waals surface area (Å²) in [4.78, 5) is 15.8. The van der Waals surface area contributed by atoms with Crippen molar-refractivity contribution in [2.24, 2.45) is 0 Å². The van der Waals surface area contributed by atoms with Gasteiger partial charge in [-0.2, -0.15) is 0 Å². The van der Waals surface area contributed by atoms with Gasteiger partial charge in [-0.15, -0.1) is 0 Å². The van der Waals surface area contributed by atoms with E-state index in [0.29, 0.717) is 10.0 Å². The smallest absolute Gasteiger partial charge is 0.340 e. The van der Waals surface area contributed by atoms with Gasteiger partial charge in [-0.1, -0.05) is 15.9 Å². The topological polar surface area (TPSA) is 39.2 Å². The predicted molar refractivity (Wildman–Crippen MR) is 76.2 cm³/mol. The lowest BCUT2D eigenvalue weighted by Gasteiger charge is -2.08. The van der Waals surface area contributed by atoms with Gasteiger partial charge in [-0.05, 0) is 44.0 Å². The number of nitrogens with zero attached hydrogens (tertiary/aromatic N) is 1. The molecule has 0 N–H and O–H groups in total. The summed E-state index contributed by atoms with van der Waals surface area (Å²) in [5, 5.41) is 0.835. The zero-order chi connectivity index (χ0) is 12.6. The van der Waals surface area contributed by atoms with Crippen molar-refractivity contribution in [2.45, 2.75) is 0 Å². The first-order valence-corrected chi connectivity index (χ1v) is 6.94. The number of rotatable bonds is 1. The second-order valence-electron chi connectivity index (χ2n) is 3.23. The highest BCUT2D eigenvalue weighted by atomic mass is 79.9. The molecule has 0 amide bonds. The molecule has 1 aromatic carbocycles. The molecular formula is C11H6Br3NO2. The molecule has 0 atom stereocenters. The lowest BCUT2D eigenvalue weighted by molar-refractivity contribution is 0.0599. The molecule has 0 bridgehead atoms. The fourth-order valence-corrected chi connectivity index (χ4v) is 3.33. The molecule has 0 radical (unpaired) electrons. The minimum absolute atomic E-state index is 0.402. The van der Waals surface area contributed by atoms with E-state index in [1.54, 1.807) is 0 Å². The number of fused-ring (bicyclic) bond motifs is 1. The predicted octanol–water partition coefficient (Wildman–Crippen LogP) is 4.31. The first-order chi connectivity index (χ1) is 8.06. The first kappa shape index (κ1) is 13.0. The van der Waals surface area contributed by atoms with Crippen LogP contribution in [0, 0.1) is 0 Å². The van der Waals surface area contributed by atoms with Gasteiger partial charge in [0.15, 0.2) is 0 Å². The van der Waals surface area contributed by atoms with E-state index in [0.717, 1.165) is 19.8 Å². The van der Waals surface area contributed by atoms with Crippen LogP contribution in [0.4, 0.5) is 0 Å². The Hall–Kier alpha value is -0.460. The van der Waals surface area contributed by atoms with Crippen LogP contribution in [-0.2, 0) is 4.74 Å². The molecule has 0 aliphatic heterocycles. The molecule has 1 aromatic heterocycles. The van der Waals surface area contributed by atoms with Gasteiger partial charge in [0.05, 0.1) is 18.2 Å².